The average molecular weight is 451 g/mol. The zero-order valence-corrected chi connectivity index (χ0v) is 19.7. The molecule has 2 N–H and O–H groups in total. The smallest absolute Gasteiger partial charge is 0.158 e. The molecule has 0 saturated carbocycles. The Balaban J connectivity index is 1.95. The second-order valence-corrected chi connectivity index (χ2v) is 8.14. The molecule has 4 rings (SSSR count). The Hall–Kier alpha value is -3.25. The molecule has 6 nitrogen and oxygen atoms in total. The molecule has 2 aromatic heterocycles. The van der Waals surface area contributed by atoms with Gasteiger partial charge < -0.3 is 15.2 Å². The summed E-state index contributed by atoms with van der Waals surface area (Å²) in [5.74, 6) is 2.70. The largest absolute Gasteiger partial charge is 0.497 e. The number of anilines is 1. The van der Waals surface area contributed by atoms with Gasteiger partial charge in [-0.2, -0.15) is 0 Å². The second kappa shape index (κ2) is 8.71. The Morgan fingerprint density at radius 1 is 1.19 bits per heavy atom. The van der Waals surface area contributed by atoms with Crippen LogP contribution in [0, 0.1) is 13.8 Å². The van der Waals surface area contributed by atoms with Gasteiger partial charge in [-0.1, -0.05) is 36.7 Å². The number of nitrogens with zero attached hydrogens (tertiary/aromatic N) is 3. The molecule has 166 valence electrons. The number of aryl methyl sites for hydroxylation is 1. The Morgan fingerprint density at radius 2 is 1.91 bits per heavy atom. The van der Waals surface area contributed by atoms with E-state index in [2.05, 4.69) is 48.9 Å². The maximum absolute atomic E-state index is 6.43. The van der Waals surface area contributed by atoms with Crippen LogP contribution in [0.2, 0.25) is 5.15 Å². The van der Waals surface area contributed by atoms with E-state index in [0.717, 1.165) is 34.0 Å². The third-order valence-electron chi connectivity index (χ3n) is 5.92. The van der Waals surface area contributed by atoms with E-state index in [1.165, 1.54) is 11.1 Å². The predicted molar refractivity (Wildman–Crippen MR) is 129 cm³/mol. The van der Waals surface area contributed by atoms with Crippen LogP contribution in [0.1, 0.15) is 42.3 Å². The summed E-state index contributed by atoms with van der Waals surface area (Å²) >= 11 is 6.43. The monoisotopic (exact) mass is 450 g/mol. The van der Waals surface area contributed by atoms with Crippen LogP contribution in [0.4, 0.5) is 5.82 Å². The van der Waals surface area contributed by atoms with Gasteiger partial charge in [0.2, 0.25) is 0 Å². The number of imidazole rings is 1. The van der Waals surface area contributed by atoms with Crippen LogP contribution in [0.15, 0.2) is 42.7 Å². The van der Waals surface area contributed by atoms with Crippen LogP contribution >= 0.6 is 11.6 Å². The predicted octanol–water partition coefficient (Wildman–Crippen LogP) is 5.81. The molecule has 0 amide bonds. The zero-order valence-electron chi connectivity index (χ0n) is 18.9. The summed E-state index contributed by atoms with van der Waals surface area (Å²) in [6, 6.07) is 10.2. The number of halogens is 1. The molecule has 0 aliphatic heterocycles. The number of fused-ring (bicyclic) bond motifs is 1. The van der Waals surface area contributed by atoms with Gasteiger partial charge in [0.25, 0.3) is 0 Å². The summed E-state index contributed by atoms with van der Waals surface area (Å²) in [7, 11) is 1.67. The van der Waals surface area contributed by atoms with Crippen molar-refractivity contribution < 1.29 is 9.47 Å². The number of ether oxygens (including phenoxy) is 2. The first kappa shape index (κ1) is 22.0. The topological polar surface area (TPSA) is 74.7 Å². The minimum Gasteiger partial charge on any atom is -0.497 e. The first-order valence-corrected chi connectivity index (χ1v) is 10.9. The van der Waals surface area contributed by atoms with Crippen molar-refractivity contribution in [2.24, 2.45) is 0 Å². The Bertz CT molecular complexity index is 1280. The molecule has 0 fully saturated rings. The van der Waals surface area contributed by atoms with E-state index in [0.29, 0.717) is 23.1 Å². The highest BCUT2D eigenvalue weighted by Crippen LogP contribution is 2.43. The van der Waals surface area contributed by atoms with Crippen molar-refractivity contribution in [3.8, 4) is 22.6 Å². The summed E-state index contributed by atoms with van der Waals surface area (Å²) < 4.78 is 13.5. The lowest BCUT2D eigenvalue weighted by Crippen LogP contribution is -2.09. The zero-order chi connectivity index (χ0) is 23.0. The molecule has 0 aliphatic rings. The Kier molecular flexibility index (Phi) is 5.98. The van der Waals surface area contributed by atoms with E-state index in [4.69, 9.17) is 26.8 Å². The molecule has 32 heavy (non-hydrogen) atoms. The number of hydrogen-bond acceptors (Lipinski definition) is 5. The van der Waals surface area contributed by atoms with Gasteiger partial charge in [-0.3, -0.25) is 4.40 Å². The number of nitrogens with two attached hydrogens (primary N) is 1. The van der Waals surface area contributed by atoms with Crippen molar-refractivity contribution in [2.45, 2.75) is 33.6 Å². The fraction of sp³-hybridized carbons (Fsp3) is 0.280. The number of aromatic nitrogens is 3. The molecule has 2 aromatic carbocycles. The molecule has 7 heteroatoms. The lowest BCUT2D eigenvalue weighted by Gasteiger charge is -2.23. The Morgan fingerprint density at radius 3 is 2.56 bits per heavy atom. The fourth-order valence-electron chi connectivity index (χ4n) is 4.13. The molecule has 0 unspecified atom stereocenters. The molecular formula is C25H27ClN4O2. The molecule has 0 spiro atoms. The molecule has 0 bridgehead atoms. The van der Waals surface area contributed by atoms with Crippen molar-refractivity contribution in [3.05, 3.63) is 70.4 Å². The van der Waals surface area contributed by atoms with Crippen LogP contribution in [-0.4, -0.2) is 28.1 Å². The molecule has 0 aliphatic carbocycles. The standard InChI is InChI=1S/C25H27ClN4O2/c1-6-32-22-19(16(4)25-29-23(26)21-24(27)28-11-12-30(21)25)13-14(2)15(3)20(22)17-7-9-18(31-5)10-8-17/h7-13,16H,6H2,1-5H3,(H2,27,28)/t16-/m0/s1. The van der Waals surface area contributed by atoms with E-state index in [1.807, 2.05) is 29.7 Å². The minimum atomic E-state index is -0.102. The van der Waals surface area contributed by atoms with Gasteiger partial charge in [-0.25, -0.2) is 9.97 Å². The van der Waals surface area contributed by atoms with E-state index >= 15 is 0 Å². The number of methoxy groups -OCH3 is 1. The SMILES string of the molecule is CCOc1c([C@H](C)c2nc(Cl)c3c(N)nccn23)cc(C)c(C)c1-c1ccc(OC)cc1. The van der Waals surface area contributed by atoms with Gasteiger partial charge in [0.1, 0.15) is 22.8 Å². The van der Waals surface area contributed by atoms with E-state index < -0.39 is 0 Å². The average Bonchev–Trinajstić information content (AvgIpc) is 3.14. The summed E-state index contributed by atoms with van der Waals surface area (Å²) in [6.45, 7) is 8.89. The van der Waals surface area contributed by atoms with E-state index in [9.17, 15) is 0 Å². The van der Waals surface area contributed by atoms with Crippen molar-refractivity contribution in [1.82, 2.24) is 14.4 Å². The molecular weight excluding hydrogens is 424 g/mol. The third-order valence-corrected chi connectivity index (χ3v) is 6.18. The first-order valence-electron chi connectivity index (χ1n) is 10.6. The summed E-state index contributed by atoms with van der Waals surface area (Å²) in [6.07, 6.45) is 3.49. The van der Waals surface area contributed by atoms with Crippen molar-refractivity contribution in [3.63, 3.8) is 0 Å². The van der Waals surface area contributed by atoms with Gasteiger partial charge in [-0.05, 0) is 49.6 Å². The number of nitrogen functional groups attached to an aromatic ring is 1. The molecule has 4 aromatic rings. The lowest BCUT2D eigenvalue weighted by molar-refractivity contribution is 0.336. The highest BCUT2D eigenvalue weighted by atomic mass is 35.5. The maximum Gasteiger partial charge on any atom is 0.158 e. The van der Waals surface area contributed by atoms with Crippen LogP contribution in [0.3, 0.4) is 0 Å². The van der Waals surface area contributed by atoms with Gasteiger partial charge in [0.15, 0.2) is 11.0 Å². The molecule has 0 saturated heterocycles. The summed E-state index contributed by atoms with van der Waals surface area (Å²) in [5.41, 5.74) is 12.2. The van der Waals surface area contributed by atoms with Gasteiger partial charge in [-0.15, -0.1) is 0 Å². The quantitative estimate of drug-likeness (QED) is 0.401. The molecule has 2 heterocycles. The molecule has 0 radical (unpaired) electrons. The molecule has 1 atom stereocenters. The van der Waals surface area contributed by atoms with E-state index in [-0.39, 0.29) is 5.92 Å². The highest BCUT2D eigenvalue weighted by Gasteiger charge is 2.25. The minimum absolute atomic E-state index is 0.102. The number of benzene rings is 2. The highest BCUT2D eigenvalue weighted by molar-refractivity contribution is 6.33. The lowest BCUT2D eigenvalue weighted by atomic mass is 9.88. The fourth-order valence-corrected chi connectivity index (χ4v) is 4.41. The summed E-state index contributed by atoms with van der Waals surface area (Å²) in [4.78, 5) is 8.79. The van der Waals surface area contributed by atoms with Crippen molar-refractivity contribution in [1.29, 1.82) is 0 Å². The van der Waals surface area contributed by atoms with Crippen LogP contribution in [0.25, 0.3) is 16.6 Å². The van der Waals surface area contributed by atoms with Crippen LogP contribution < -0.4 is 15.2 Å². The van der Waals surface area contributed by atoms with Crippen LogP contribution in [-0.2, 0) is 0 Å². The second-order valence-electron chi connectivity index (χ2n) is 7.79. The van der Waals surface area contributed by atoms with E-state index in [1.54, 1.807) is 13.3 Å². The number of hydrogen-bond donors (Lipinski definition) is 1. The maximum atomic E-state index is 6.43. The normalized spacial score (nSPS) is 12.2. The van der Waals surface area contributed by atoms with Crippen molar-refractivity contribution >= 4 is 22.9 Å². The Labute approximate surface area is 193 Å². The first-order chi connectivity index (χ1) is 15.4. The van der Waals surface area contributed by atoms with Crippen molar-refractivity contribution in [2.75, 3.05) is 19.5 Å². The van der Waals surface area contributed by atoms with Gasteiger partial charge in [0.05, 0.1) is 13.7 Å². The third kappa shape index (κ3) is 3.65. The van der Waals surface area contributed by atoms with Gasteiger partial charge in [0, 0.05) is 29.4 Å². The van der Waals surface area contributed by atoms with Crippen LogP contribution in [0.5, 0.6) is 11.5 Å². The summed E-state index contributed by atoms with van der Waals surface area (Å²) in [5, 5.41) is 0.342. The number of rotatable bonds is 6. The van der Waals surface area contributed by atoms with Gasteiger partial charge >= 0.3 is 0 Å².